The number of halogens is 1. The molecule has 1 aromatic carbocycles. The highest BCUT2D eigenvalue weighted by molar-refractivity contribution is 6.32. The SMILES string of the molecule is CN(CCOc1ccccc1Cl)C(=O)C1(CN)CCOCC1. The first-order chi connectivity index (χ1) is 10.6. The average molecular weight is 327 g/mol. The van der Waals surface area contributed by atoms with E-state index in [9.17, 15) is 4.79 Å². The van der Waals surface area contributed by atoms with Crippen molar-refractivity contribution in [1.82, 2.24) is 4.90 Å². The number of amides is 1. The zero-order chi connectivity index (χ0) is 16.0. The number of carbonyl (C=O) groups excluding carboxylic acids is 1. The fourth-order valence-corrected chi connectivity index (χ4v) is 2.82. The minimum atomic E-state index is -0.489. The van der Waals surface area contributed by atoms with Crippen molar-refractivity contribution < 1.29 is 14.3 Å². The maximum atomic E-state index is 12.7. The molecular formula is C16H23ClN2O3. The summed E-state index contributed by atoms with van der Waals surface area (Å²) in [5.41, 5.74) is 5.38. The fourth-order valence-electron chi connectivity index (χ4n) is 2.63. The van der Waals surface area contributed by atoms with Crippen LogP contribution in [0.25, 0.3) is 0 Å². The Morgan fingerprint density at radius 2 is 2.09 bits per heavy atom. The number of carbonyl (C=O) groups is 1. The zero-order valence-corrected chi connectivity index (χ0v) is 13.6. The molecule has 1 aromatic rings. The molecule has 5 nitrogen and oxygen atoms in total. The summed E-state index contributed by atoms with van der Waals surface area (Å²) in [4.78, 5) is 14.4. The molecule has 22 heavy (non-hydrogen) atoms. The summed E-state index contributed by atoms with van der Waals surface area (Å²) in [6, 6.07) is 7.30. The van der Waals surface area contributed by atoms with Crippen LogP contribution in [0.2, 0.25) is 5.02 Å². The maximum Gasteiger partial charge on any atom is 0.230 e. The van der Waals surface area contributed by atoms with E-state index in [0.717, 1.165) is 0 Å². The first-order valence-corrected chi connectivity index (χ1v) is 7.87. The van der Waals surface area contributed by atoms with Gasteiger partial charge >= 0.3 is 0 Å². The number of likely N-dealkylation sites (N-methyl/N-ethyl adjacent to an activating group) is 1. The smallest absolute Gasteiger partial charge is 0.230 e. The van der Waals surface area contributed by atoms with Gasteiger partial charge in [0.1, 0.15) is 12.4 Å². The number of hydrogen-bond donors (Lipinski definition) is 1. The molecule has 1 aliphatic rings. The Kier molecular flexibility index (Phi) is 6.06. The largest absolute Gasteiger partial charge is 0.490 e. The van der Waals surface area contributed by atoms with Crippen molar-refractivity contribution in [3.8, 4) is 5.75 Å². The molecule has 0 unspecified atom stereocenters. The first kappa shape index (κ1) is 17.1. The summed E-state index contributed by atoms with van der Waals surface area (Å²) < 4.78 is 11.0. The molecule has 0 radical (unpaired) electrons. The van der Waals surface area contributed by atoms with Gasteiger partial charge in [0.15, 0.2) is 0 Å². The maximum absolute atomic E-state index is 12.7. The minimum absolute atomic E-state index is 0.0704. The van der Waals surface area contributed by atoms with E-state index in [1.807, 2.05) is 18.2 Å². The van der Waals surface area contributed by atoms with Crippen molar-refractivity contribution in [2.45, 2.75) is 12.8 Å². The summed E-state index contributed by atoms with van der Waals surface area (Å²) in [5, 5.41) is 0.569. The van der Waals surface area contributed by atoms with Crippen molar-refractivity contribution in [3.63, 3.8) is 0 Å². The van der Waals surface area contributed by atoms with E-state index in [0.29, 0.717) is 56.5 Å². The molecule has 122 valence electrons. The highest BCUT2D eigenvalue weighted by Crippen LogP contribution is 2.31. The van der Waals surface area contributed by atoms with Gasteiger partial charge in [-0.15, -0.1) is 0 Å². The van der Waals surface area contributed by atoms with E-state index in [4.69, 9.17) is 26.8 Å². The van der Waals surface area contributed by atoms with E-state index in [1.165, 1.54) is 0 Å². The molecule has 0 saturated carbocycles. The molecule has 0 aromatic heterocycles. The van der Waals surface area contributed by atoms with E-state index < -0.39 is 5.41 Å². The summed E-state index contributed by atoms with van der Waals surface area (Å²) in [5.74, 6) is 0.700. The molecule has 0 aliphatic carbocycles. The third-order valence-electron chi connectivity index (χ3n) is 4.16. The molecule has 2 rings (SSSR count). The Morgan fingerprint density at radius 3 is 2.73 bits per heavy atom. The van der Waals surface area contributed by atoms with Crippen molar-refractivity contribution in [2.75, 3.05) is 40.0 Å². The number of ether oxygens (including phenoxy) is 2. The van der Waals surface area contributed by atoms with Crippen LogP contribution >= 0.6 is 11.6 Å². The lowest BCUT2D eigenvalue weighted by Gasteiger charge is -2.37. The summed E-state index contributed by atoms with van der Waals surface area (Å²) in [6.45, 7) is 2.42. The van der Waals surface area contributed by atoms with Gasteiger partial charge in [-0.25, -0.2) is 0 Å². The molecule has 1 heterocycles. The van der Waals surface area contributed by atoms with Crippen LogP contribution in [0.3, 0.4) is 0 Å². The predicted molar refractivity (Wildman–Crippen MR) is 86.1 cm³/mol. The molecule has 1 aliphatic heterocycles. The molecule has 6 heteroatoms. The second-order valence-electron chi connectivity index (χ2n) is 5.60. The molecule has 0 spiro atoms. The molecule has 2 N–H and O–H groups in total. The minimum Gasteiger partial charge on any atom is -0.490 e. The first-order valence-electron chi connectivity index (χ1n) is 7.50. The monoisotopic (exact) mass is 326 g/mol. The van der Waals surface area contributed by atoms with Crippen molar-refractivity contribution >= 4 is 17.5 Å². The standard InChI is InChI=1S/C16H23ClN2O3/c1-19(8-11-22-14-5-3-2-4-13(14)17)15(20)16(12-18)6-9-21-10-7-16/h2-5H,6-12,18H2,1H3. The Hall–Kier alpha value is -1.30. The van der Waals surface area contributed by atoms with Gasteiger partial charge in [-0.1, -0.05) is 23.7 Å². The molecule has 1 fully saturated rings. The van der Waals surface area contributed by atoms with Gasteiger partial charge in [0, 0.05) is 26.8 Å². The Bertz CT molecular complexity index is 504. The van der Waals surface area contributed by atoms with Crippen LogP contribution in [-0.2, 0) is 9.53 Å². The lowest BCUT2D eigenvalue weighted by Crippen LogP contribution is -2.50. The normalized spacial score (nSPS) is 17.0. The molecule has 1 amide bonds. The average Bonchev–Trinajstić information content (AvgIpc) is 2.56. The quantitative estimate of drug-likeness (QED) is 0.867. The number of para-hydroxylation sites is 1. The van der Waals surface area contributed by atoms with Gasteiger partial charge in [-0.2, -0.15) is 0 Å². The Morgan fingerprint density at radius 1 is 1.41 bits per heavy atom. The van der Waals surface area contributed by atoms with Gasteiger partial charge < -0.3 is 20.1 Å². The van der Waals surface area contributed by atoms with E-state index in [1.54, 1.807) is 18.0 Å². The van der Waals surface area contributed by atoms with Crippen LogP contribution in [0.15, 0.2) is 24.3 Å². The summed E-state index contributed by atoms with van der Waals surface area (Å²) in [6.07, 6.45) is 1.36. The van der Waals surface area contributed by atoms with Crippen LogP contribution in [0.1, 0.15) is 12.8 Å². The van der Waals surface area contributed by atoms with Gasteiger partial charge in [0.05, 0.1) is 17.0 Å². The number of hydrogen-bond acceptors (Lipinski definition) is 4. The van der Waals surface area contributed by atoms with Crippen molar-refractivity contribution in [1.29, 1.82) is 0 Å². The number of nitrogens with zero attached hydrogens (tertiary/aromatic N) is 1. The zero-order valence-electron chi connectivity index (χ0n) is 12.9. The highest BCUT2D eigenvalue weighted by atomic mass is 35.5. The van der Waals surface area contributed by atoms with Gasteiger partial charge in [-0.05, 0) is 25.0 Å². The number of rotatable bonds is 6. The second-order valence-corrected chi connectivity index (χ2v) is 6.01. The molecular weight excluding hydrogens is 304 g/mol. The predicted octanol–water partition coefficient (Wildman–Crippen LogP) is 1.93. The second kappa shape index (κ2) is 7.81. The van der Waals surface area contributed by atoms with Crippen LogP contribution in [0.5, 0.6) is 5.75 Å². The van der Waals surface area contributed by atoms with Crippen LogP contribution in [0.4, 0.5) is 0 Å². The topological polar surface area (TPSA) is 64.8 Å². The third kappa shape index (κ3) is 3.91. The molecule has 1 saturated heterocycles. The highest BCUT2D eigenvalue weighted by Gasteiger charge is 2.40. The van der Waals surface area contributed by atoms with Gasteiger partial charge in [0.2, 0.25) is 5.91 Å². The number of benzene rings is 1. The van der Waals surface area contributed by atoms with Crippen LogP contribution in [0, 0.1) is 5.41 Å². The van der Waals surface area contributed by atoms with Gasteiger partial charge in [-0.3, -0.25) is 4.79 Å². The van der Waals surface area contributed by atoms with E-state index in [-0.39, 0.29) is 5.91 Å². The van der Waals surface area contributed by atoms with Crippen molar-refractivity contribution in [3.05, 3.63) is 29.3 Å². The molecule has 0 atom stereocenters. The third-order valence-corrected chi connectivity index (χ3v) is 4.47. The fraction of sp³-hybridized carbons (Fsp3) is 0.562. The lowest BCUT2D eigenvalue weighted by molar-refractivity contribution is -0.146. The van der Waals surface area contributed by atoms with Gasteiger partial charge in [0.25, 0.3) is 0 Å². The Labute approximate surface area is 136 Å². The van der Waals surface area contributed by atoms with E-state index in [2.05, 4.69) is 0 Å². The van der Waals surface area contributed by atoms with Crippen molar-refractivity contribution in [2.24, 2.45) is 11.1 Å². The molecule has 0 bridgehead atoms. The Balaban J connectivity index is 1.87. The summed E-state index contributed by atoms with van der Waals surface area (Å²) in [7, 11) is 1.78. The van der Waals surface area contributed by atoms with E-state index >= 15 is 0 Å². The van der Waals surface area contributed by atoms with Crippen LogP contribution < -0.4 is 10.5 Å². The lowest BCUT2D eigenvalue weighted by atomic mass is 9.79. The number of nitrogens with two attached hydrogens (primary N) is 1. The van der Waals surface area contributed by atoms with Crippen LogP contribution in [-0.4, -0.2) is 50.8 Å². The summed E-state index contributed by atoms with van der Waals surface area (Å²) >= 11 is 6.03.